The van der Waals surface area contributed by atoms with E-state index in [1.165, 1.54) is 18.6 Å². The van der Waals surface area contributed by atoms with Gasteiger partial charge in [0, 0.05) is 31.8 Å². The lowest BCUT2D eigenvalue weighted by atomic mass is 10.1. The summed E-state index contributed by atoms with van der Waals surface area (Å²) < 4.78 is 5.30. The van der Waals surface area contributed by atoms with E-state index in [2.05, 4.69) is 27.4 Å². The molecule has 1 saturated heterocycles. The third-order valence-corrected chi connectivity index (χ3v) is 5.16. The molecule has 0 radical (unpaired) electrons. The van der Waals surface area contributed by atoms with Crippen LogP contribution in [-0.2, 0) is 9.53 Å². The third kappa shape index (κ3) is 10.8. The highest BCUT2D eigenvalue weighted by Gasteiger charge is 2.16. The van der Waals surface area contributed by atoms with Crippen molar-refractivity contribution in [2.75, 3.05) is 25.9 Å². The van der Waals surface area contributed by atoms with Crippen LogP contribution in [0.1, 0.15) is 65.7 Å². The first-order valence-corrected chi connectivity index (χ1v) is 10.2. The second-order valence-corrected chi connectivity index (χ2v) is 8.67. The summed E-state index contributed by atoms with van der Waals surface area (Å²) in [6, 6.07) is 0. The maximum atomic E-state index is 11.6. The molecule has 1 aliphatic heterocycles. The number of esters is 1. The zero-order chi connectivity index (χ0) is 17.8. The molecular formula is C18H35N3O2S. The van der Waals surface area contributed by atoms with Crippen molar-refractivity contribution in [2.45, 2.75) is 76.6 Å². The van der Waals surface area contributed by atoms with Crippen LogP contribution >= 0.6 is 11.8 Å². The summed E-state index contributed by atoms with van der Waals surface area (Å²) in [5, 5.41) is 7.50. The Bertz CT molecular complexity index is 388. The van der Waals surface area contributed by atoms with Crippen molar-refractivity contribution in [3.05, 3.63) is 0 Å². The van der Waals surface area contributed by atoms with Crippen molar-refractivity contribution in [3.63, 3.8) is 0 Å². The predicted octanol–water partition coefficient (Wildman–Crippen LogP) is 3.34. The second-order valence-electron chi connectivity index (χ2n) is 7.27. The molecule has 0 spiro atoms. The molecule has 1 aliphatic rings. The highest BCUT2D eigenvalue weighted by Crippen LogP contribution is 2.25. The van der Waals surface area contributed by atoms with Crippen LogP contribution in [0.15, 0.2) is 4.99 Å². The molecule has 1 atom stereocenters. The summed E-state index contributed by atoms with van der Waals surface area (Å²) in [6.45, 7) is 7.64. The van der Waals surface area contributed by atoms with E-state index in [0.717, 1.165) is 50.0 Å². The quantitative estimate of drug-likeness (QED) is 0.287. The zero-order valence-corrected chi connectivity index (χ0v) is 16.6. The van der Waals surface area contributed by atoms with E-state index >= 15 is 0 Å². The number of aliphatic imine (C=N–C) groups is 1. The molecule has 0 aromatic carbocycles. The van der Waals surface area contributed by atoms with Crippen LogP contribution in [0.5, 0.6) is 0 Å². The number of nitrogens with zero attached hydrogens (tertiary/aromatic N) is 1. The van der Waals surface area contributed by atoms with Gasteiger partial charge in [-0.25, -0.2) is 0 Å². The van der Waals surface area contributed by atoms with Gasteiger partial charge in [0.15, 0.2) is 5.96 Å². The fourth-order valence-electron chi connectivity index (χ4n) is 2.58. The minimum atomic E-state index is -0.374. The van der Waals surface area contributed by atoms with Crippen LogP contribution in [0.4, 0.5) is 0 Å². The number of ether oxygens (including phenoxy) is 1. The van der Waals surface area contributed by atoms with Crippen LogP contribution < -0.4 is 10.6 Å². The van der Waals surface area contributed by atoms with E-state index < -0.39 is 0 Å². The highest BCUT2D eigenvalue weighted by atomic mass is 32.2. The lowest BCUT2D eigenvalue weighted by Gasteiger charge is -2.19. The smallest absolute Gasteiger partial charge is 0.306 e. The fraction of sp³-hybridized carbons (Fsp3) is 0.889. The Kier molecular flexibility index (Phi) is 10.2. The van der Waals surface area contributed by atoms with E-state index in [1.54, 1.807) is 0 Å². The average Bonchev–Trinajstić information content (AvgIpc) is 3.00. The van der Waals surface area contributed by atoms with Gasteiger partial charge in [-0.2, -0.15) is 11.8 Å². The van der Waals surface area contributed by atoms with Gasteiger partial charge in [0.25, 0.3) is 0 Å². The van der Waals surface area contributed by atoms with E-state index in [1.807, 2.05) is 27.8 Å². The molecular weight excluding hydrogens is 322 g/mol. The summed E-state index contributed by atoms with van der Waals surface area (Å²) in [7, 11) is 1.82. The third-order valence-electron chi connectivity index (χ3n) is 3.76. The monoisotopic (exact) mass is 357 g/mol. The minimum absolute atomic E-state index is 0.0880. The highest BCUT2D eigenvalue weighted by molar-refractivity contribution is 8.00. The number of hydrogen-bond donors (Lipinski definition) is 2. The van der Waals surface area contributed by atoms with Gasteiger partial charge in [0.1, 0.15) is 5.60 Å². The largest absolute Gasteiger partial charge is 0.460 e. The van der Waals surface area contributed by atoms with Crippen LogP contribution in [-0.4, -0.2) is 48.7 Å². The predicted molar refractivity (Wildman–Crippen MR) is 104 cm³/mol. The Morgan fingerprint density at radius 2 is 1.96 bits per heavy atom. The van der Waals surface area contributed by atoms with Gasteiger partial charge in [-0.05, 0) is 52.2 Å². The molecule has 2 N–H and O–H groups in total. The molecule has 0 amide bonds. The molecule has 0 aromatic heterocycles. The number of unbranched alkanes of at least 4 members (excludes halogenated alkanes) is 3. The van der Waals surface area contributed by atoms with Gasteiger partial charge in [-0.3, -0.25) is 9.79 Å². The Balaban J connectivity index is 1.97. The number of carbonyl (C=O) groups is 1. The van der Waals surface area contributed by atoms with Crippen LogP contribution in [0.3, 0.4) is 0 Å². The number of rotatable bonds is 9. The summed E-state index contributed by atoms with van der Waals surface area (Å²) in [5.41, 5.74) is -0.374. The maximum Gasteiger partial charge on any atom is 0.306 e. The van der Waals surface area contributed by atoms with Crippen molar-refractivity contribution in [1.29, 1.82) is 0 Å². The maximum absolute atomic E-state index is 11.6. The van der Waals surface area contributed by atoms with Gasteiger partial charge < -0.3 is 15.4 Å². The molecule has 5 nitrogen and oxygen atoms in total. The lowest BCUT2D eigenvalue weighted by Crippen LogP contribution is -2.40. The van der Waals surface area contributed by atoms with Crippen LogP contribution in [0.2, 0.25) is 0 Å². The Labute approximate surface area is 151 Å². The number of guanidine groups is 1. The molecule has 24 heavy (non-hydrogen) atoms. The number of carbonyl (C=O) groups excluding carboxylic acids is 1. The zero-order valence-electron chi connectivity index (χ0n) is 15.8. The molecule has 0 bridgehead atoms. The molecule has 0 saturated carbocycles. The molecule has 1 rings (SSSR count). The minimum Gasteiger partial charge on any atom is -0.460 e. The topological polar surface area (TPSA) is 62.7 Å². The fourth-order valence-corrected chi connectivity index (χ4v) is 3.78. The molecule has 1 unspecified atom stereocenters. The second kappa shape index (κ2) is 11.6. The molecule has 0 aromatic rings. The van der Waals surface area contributed by atoms with Gasteiger partial charge in [-0.15, -0.1) is 0 Å². The van der Waals surface area contributed by atoms with Crippen molar-refractivity contribution >= 4 is 23.7 Å². The van der Waals surface area contributed by atoms with Gasteiger partial charge in [0.05, 0.1) is 0 Å². The van der Waals surface area contributed by atoms with E-state index in [9.17, 15) is 4.79 Å². The summed E-state index contributed by atoms with van der Waals surface area (Å²) in [6.07, 6.45) is 7.34. The molecule has 140 valence electrons. The van der Waals surface area contributed by atoms with Crippen molar-refractivity contribution in [3.8, 4) is 0 Å². The van der Waals surface area contributed by atoms with E-state index in [4.69, 9.17) is 4.74 Å². The van der Waals surface area contributed by atoms with E-state index in [0.29, 0.717) is 6.42 Å². The molecule has 6 heteroatoms. The van der Waals surface area contributed by atoms with Crippen molar-refractivity contribution in [2.24, 2.45) is 4.99 Å². The first-order valence-electron chi connectivity index (χ1n) is 9.18. The van der Waals surface area contributed by atoms with Crippen molar-refractivity contribution in [1.82, 2.24) is 10.6 Å². The van der Waals surface area contributed by atoms with Crippen molar-refractivity contribution < 1.29 is 9.53 Å². The summed E-state index contributed by atoms with van der Waals surface area (Å²) in [5.74, 6) is 2.10. The molecule has 0 aliphatic carbocycles. The summed E-state index contributed by atoms with van der Waals surface area (Å²) in [4.78, 5) is 15.9. The number of thioether (sulfide) groups is 1. The molecule has 1 fully saturated rings. The van der Waals surface area contributed by atoms with Gasteiger partial charge in [-0.1, -0.05) is 12.8 Å². The first kappa shape index (κ1) is 21.1. The summed E-state index contributed by atoms with van der Waals surface area (Å²) >= 11 is 2.05. The van der Waals surface area contributed by atoms with Gasteiger partial charge in [0.2, 0.25) is 0 Å². The SMILES string of the molecule is CN=C(NCCCCCCC(=O)OC(C)(C)C)NCC1CCCS1. The number of hydrogen-bond acceptors (Lipinski definition) is 4. The molecule has 1 heterocycles. The first-order chi connectivity index (χ1) is 11.4. The standard InChI is InChI=1S/C18H35N3O2S/c1-18(2,3)23-16(22)11-7-5-6-8-12-20-17(19-4)21-14-15-10-9-13-24-15/h15H,5-14H2,1-4H3,(H2,19,20,21). The average molecular weight is 358 g/mol. The Morgan fingerprint density at radius 1 is 1.21 bits per heavy atom. The van der Waals surface area contributed by atoms with Gasteiger partial charge >= 0.3 is 5.97 Å². The van der Waals surface area contributed by atoms with Crippen LogP contribution in [0, 0.1) is 0 Å². The Morgan fingerprint density at radius 3 is 2.58 bits per heavy atom. The lowest BCUT2D eigenvalue weighted by molar-refractivity contribution is -0.154. The van der Waals surface area contributed by atoms with E-state index in [-0.39, 0.29) is 11.6 Å². The number of nitrogens with one attached hydrogen (secondary N) is 2. The Hall–Kier alpha value is -0.910. The normalized spacial score (nSPS) is 18.5. The van der Waals surface area contributed by atoms with Crippen LogP contribution in [0.25, 0.3) is 0 Å².